The van der Waals surface area contributed by atoms with Gasteiger partial charge in [-0.15, -0.1) is 0 Å². The highest BCUT2D eigenvalue weighted by Gasteiger charge is 2.24. The first kappa shape index (κ1) is 14.0. The molecule has 1 saturated carbocycles. The first-order valence-corrected chi connectivity index (χ1v) is 7.53. The third-order valence-corrected chi connectivity index (χ3v) is 4.91. The van der Waals surface area contributed by atoms with Crippen molar-refractivity contribution in [3.63, 3.8) is 0 Å². The molecule has 1 N–H and O–H groups in total. The summed E-state index contributed by atoms with van der Waals surface area (Å²) in [6, 6.07) is 5.79. The van der Waals surface area contributed by atoms with E-state index >= 15 is 0 Å². The molecule has 0 aliphatic heterocycles. The summed E-state index contributed by atoms with van der Waals surface area (Å²) < 4.78 is 14.0. The summed E-state index contributed by atoms with van der Waals surface area (Å²) in [5.41, 5.74) is 1.00. The van der Waals surface area contributed by atoms with Crippen molar-refractivity contribution in [2.75, 3.05) is 0 Å². The van der Waals surface area contributed by atoms with Crippen molar-refractivity contribution in [1.82, 2.24) is 5.32 Å². The van der Waals surface area contributed by atoms with Gasteiger partial charge in [0, 0.05) is 12.6 Å². The third kappa shape index (κ3) is 3.33. The lowest BCUT2D eigenvalue weighted by Gasteiger charge is -2.33. The Bertz CT molecular complexity index is 407. The monoisotopic (exact) mass is 313 g/mol. The largest absolute Gasteiger partial charge is 0.310 e. The van der Waals surface area contributed by atoms with Gasteiger partial charge in [0.15, 0.2) is 0 Å². The van der Waals surface area contributed by atoms with Crippen LogP contribution in [0.5, 0.6) is 0 Å². The lowest BCUT2D eigenvalue weighted by atomic mass is 9.80. The predicted octanol–water partition coefficient (Wildman–Crippen LogP) is 4.50. The Morgan fingerprint density at radius 3 is 2.83 bits per heavy atom. The van der Waals surface area contributed by atoms with Gasteiger partial charge in [-0.1, -0.05) is 26.0 Å². The van der Waals surface area contributed by atoms with E-state index < -0.39 is 0 Å². The number of hydrogen-bond donors (Lipinski definition) is 1. The Morgan fingerprint density at radius 2 is 2.11 bits per heavy atom. The molecule has 2 rings (SSSR count). The minimum Gasteiger partial charge on any atom is -0.310 e. The third-order valence-electron chi connectivity index (χ3n) is 4.02. The van der Waals surface area contributed by atoms with Crippen molar-refractivity contribution >= 4 is 15.9 Å². The molecule has 1 aromatic carbocycles. The molecule has 100 valence electrons. The second-order valence-corrected chi connectivity index (χ2v) is 6.39. The van der Waals surface area contributed by atoms with Crippen LogP contribution in [-0.4, -0.2) is 6.04 Å². The molecule has 3 heteroatoms. The molecule has 3 atom stereocenters. The van der Waals surface area contributed by atoms with Gasteiger partial charge >= 0.3 is 0 Å². The summed E-state index contributed by atoms with van der Waals surface area (Å²) in [5, 5.41) is 3.58. The first-order chi connectivity index (χ1) is 8.58. The van der Waals surface area contributed by atoms with E-state index in [4.69, 9.17) is 0 Å². The summed E-state index contributed by atoms with van der Waals surface area (Å²) in [6.07, 6.45) is 3.82. The molecule has 0 heterocycles. The van der Waals surface area contributed by atoms with Crippen molar-refractivity contribution in [2.45, 2.75) is 45.7 Å². The molecule has 3 unspecified atom stereocenters. The van der Waals surface area contributed by atoms with E-state index in [0.29, 0.717) is 16.4 Å². The number of halogens is 2. The van der Waals surface area contributed by atoms with Crippen molar-refractivity contribution in [3.05, 3.63) is 34.1 Å². The lowest BCUT2D eigenvalue weighted by Crippen LogP contribution is -2.38. The van der Waals surface area contributed by atoms with Gasteiger partial charge in [-0.3, -0.25) is 0 Å². The van der Waals surface area contributed by atoms with Crippen molar-refractivity contribution < 1.29 is 4.39 Å². The van der Waals surface area contributed by atoms with Crippen LogP contribution in [0.1, 0.15) is 38.7 Å². The maximum absolute atomic E-state index is 13.4. The number of nitrogens with one attached hydrogen (secondary N) is 1. The highest BCUT2D eigenvalue weighted by molar-refractivity contribution is 9.10. The molecular formula is C15H21BrFN. The summed E-state index contributed by atoms with van der Waals surface area (Å²) >= 11 is 3.31. The zero-order chi connectivity index (χ0) is 13.1. The van der Waals surface area contributed by atoms with E-state index in [1.54, 1.807) is 6.07 Å². The second kappa shape index (κ2) is 6.16. The van der Waals surface area contributed by atoms with E-state index in [9.17, 15) is 4.39 Å². The zero-order valence-corrected chi connectivity index (χ0v) is 12.6. The molecule has 0 bridgehead atoms. The van der Waals surface area contributed by atoms with Gasteiger partial charge in [-0.25, -0.2) is 4.39 Å². The van der Waals surface area contributed by atoms with Crippen molar-refractivity contribution in [1.29, 1.82) is 0 Å². The molecule has 1 aromatic rings. The topological polar surface area (TPSA) is 12.0 Å². The highest BCUT2D eigenvalue weighted by atomic mass is 79.9. The van der Waals surface area contributed by atoms with Gasteiger partial charge in [-0.2, -0.15) is 0 Å². The van der Waals surface area contributed by atoms with Crippen LogP contribution in [0.15, 0.2) is 22.7 Å². The maximum Gasteiger partial charge on any atom is 0.137 e. The first-order valence-electron chi connectivity index (χ1n) is 6.74. The summed E-state index contributed by atoms with van der Waals surface area (Å²) in [5.74, 6) is 1.37. The van der Waals surface area contributed by atoms with E-state index in [-0.39, 0.29) is 5.82 Å². The van der Waals surface area contributed by atoms with Crippen LogP contribution in [0.3, 0.4) is 0 Å². The smallest absolute Gasteiger partial charge is 0.137 e. The van der Waals surface area contributed by atoms with Crippen LogP contribution in [0.25, 0.3) is 0 Å². The van der Waals surface area contributed by atoms with Gasteiger partial charge in [0.2, 0.25) is 0 Å². The molecule has 1 aliphatic rings. The lowest BCUT2D eigenvalue weighted by molar-refractivity contribution is 0.227. The van der Waals surface area contributed by atoms with Gasteiger partial charge in [-0.05, 0) is 58.7 Å². The second-order valence-electron chi connectivity index (χ2n) is 5.60. The van der Waals surface area contributed by atoms with E-state index in [2.05, 4.69) is 35.1 Å². The average molecular weight is 314 g/mol. The number of rotatable bonds is 3. The van der Waals surface area contributed by atoms with Gasteiger partial charge in [0.25, 0.3) is 0 Å². The summed E-state index contributed by atoms with van der Waals surface area (Å²) in [7, 11) is 0. The average Bonchev–Trinajstić information content (AvgIpc) is 2.33. The Hall–Kier alpha value is -0.410. The molecule has 1 fully saturated rings. The van der Waals surface area contributed by atoms with Gasteiger partial charge < -0.3 is 5.32 Å². The Morgan fingerprint density at radius 1 is 1.33 bits per heavy atom. The standard InChI is InChI=1S/C15H21BrFN/c1-10-6-7-14(11(2)8-10)18-9-12-4-3-5-13(17)15(12)16/h3-5,10-11,14,18H,6-9H2,1-2H3. The molecular weight excluding hydrogens is 293 g/mol. The van der Waals surface area contributed by atoms with Crippen molar-refractivity contribution in [3.8, 4) is 0 Å². The van der Waals surface area contributed by atoms with Crippen LogP contribution in [0.2, 0.25) is 0 Å². The van der Waals surface area contributed by atoms with Gasteiger partial charge in [0.1, 0.15) is 5.82 Å². The molecule has 0 radical (unpaired) electrons. The minimum atomic E-state index is -0.181. The molecule has 0 amide bonds. The predicted molar refractivity (Wildman–Crippen MR) is 76.9 cm³/mol. The van der Waals surface area contributed by atoms with Gasteiger partial charge in [0.05, 0.1) is 4.47 Å². The van der Waals surface area contributed by atoms with Crippen LogP contribution >= 0.6 is 15.9 Å². The fraction of sp³-hybridized carbons (Fsp3) is 0.600. The minimum absolute atomic E-state index is 0.181. The van der Waals surface area contributed by atoms with E-state index in [0.717, 1.165) is 18.0 Å². The van der Waals surface area contributed by atoms with E-state index in [1.165, 1.54) is 25.3 Å². The molecule has 18 heavy (non-hydrogen) atoms. The Labute approximate surface area is 117 Å². The Kier molecular flexibility index (Phi) is 4.79. The highest BCUT2D eigenvalue weighted by Crippen LogP contribution is 2.29. The quantitative estimate of drug-likeness (QED) is 0.866. The Balaban J connectivity index is 1.93. The number of benzene rings is 1. The molecule has 1 nitrogen and oxygen atoms in total. The molecule has 0 spiro atoms. The zero-order valence-electron chi connectivity index (χ0n) is 11.0. The fourth-order valence-corrected chi connectivity index (χ4v) is 3.30. The fourth-order valence-electron chi connectivity index (χ4n) is 2.89. The van der Waals surface area contributed by atoms with Crippen LogP contribution < -0.4 is 5.32 Å². The van der Waals surface area contributed by atoms with Crippen molar-refractivity contribution in [2.24, 2.45) is 11.8 Å². The molecule has 0 aromatic heterocycles. The SMILES string of the molecule is CC1CCC(NCc2cccc(F)c2Br)C(C)C1. The van der Waals surface area contributed by atoms with Crippen LogP contribution in [0.4, 0.5) is 4.39 Å². The normalized spacial score (nSPS) is 28.3. The molecule has 1 aliphatic carbocycles. The summed E-state index contributed by atoms with van der Waals surface area (Å²) in [6.45, 7) is 5.38. The summed E-state index contributed by atoms with van der Waals surface area (Å²) in [4.78, 5) is 0. The van der Waals surface area contributed by atoms with Crippen LogP contribution in [-0.2, 0) is 6.54 Å². The van der Waals surface area contributed by atoms with E-state index in [1.807, 2.05) is 6.07 Å². The maximum atomic E-state index is 13.4. The molecule has 0 saturated heterocycles. The number of hydrogen-bond acceptors (Lipinski definition) is 1. The van der Waals surface area contributed by atoms with Crippen LogP contribution in [0, 0.1) is 17.7 Å².